The molecule has 0 atom stereocenters. The maximum absolute atomic E-state index is 4.35. The molecule has 0 amide bonds. The monoisotopic (exact) mass is 208 g/mol. The number of imidazole rings is 1. The summed E-state index contributed by atoms with van der Waals surface area (Å²) in [7, 11) is 4.17. The molecule has 0 bridgehead atoms. The van der Waals surface area contributed by atoms with Gasteiger partial charge >= 0.3 is 0 Å². The number of rotatable bonds is 5. The maximum Gasteiger partial charge on any atom is 0.176 e. The summed E-state index contributed by atoms with van der Waals surface area (Å²) in [5, 5.41) is 0. The van der Waals surface area contributed by atoms with Crippen molar-refractivity contribution in [3.05, 3.63) is 17.7 Å². The summed E-state index contributed by atoms with van der Waals surface area (Å²) in [6, 6.07) is 0. The molecule has 0 aliphatic rings. The van der Waals surface area contributed by atoms with Gasteiger partial charge in [0.25, 0.3) is 0 Å². The van der Waals surface area contributed by atoms with Crippen LogP contribution < -0.4 is 0 Å². The van der Waals surface area contributed by atoms with Crippen LogP contribution in [0.1, 0.15) is 25.2 Å². The van der Waals surface area contributed by atoms with Crippen LogP contribution in [0, 0.1) is 19.2 Å². The van der Waals surface area contributed by atoms with Crippen molar-refractivity contribution in [1.29, 1.82) is 0 Å². The summed E-state index contributed by atoms with van der Waals surface area (Å²) >= 11 is 0. The van der Waals surface area contributed by atoms with Gasteiger partial charge in [0.1, 0.15) is 0 Å². The van der Waals surface area contributed by atoms with E-state index in [1.807, 2.05) is 0 Å². The third-order valence-electron chi connectivity index (χ3n) is 2.50. The lowest BCUT2D eigenvalue weighted by Gasteiger charge is -2.11. The van der Waals surface area contributed by atoms with E-state index in [9.17, 15) is 0 Å². The zero-order valence-corrected chi connectivity index (χ0v) is 10.5. The molecule has 0 spiro atoms. The number of aromatic nitrogens is 2. The van der Waals surface area contributed by atoms with Crippen molar-refractivity contribution in [2.24, 2.45) is 5.92 Å². The Bertz CT molecular complexity index is 300. The fraction of sp³-hybridized carbons (Fsp3) is 0.750. The Morgan fingerprint density at radius 1 is 1.40 bits per heavy atom. The lowest BCUT2D eigenvalue weighted by atomic mass is 10.1. The maximum atomic E-state index is 4.35. The highest BCUT2D eigenvalue weighted by Crippen LogP contribution is 2.11. The molecule has 1 heterocycles. The fourth-order valence-corrected chi connectivity index (χ4v) is 1.53. The van der Waals surface area contributed by atoms with E-state index >= 15 is 0 Å². The average molecular weight is 208 g/mol. The van der Waals surface area contributed by atoms with Crippen LogP contribution in [-0.2, 0) is 13.0 Å². The Hall–Kier alpha value is -0.830. The number of likely N-dealkylation sites (N-methyl/N-ethyl adjacent to an activating group) is 1. The van der Waals surface area contributed by atoms with Crippen LogP contribution in [0.4, 0.5) is 0 Å². The van der Waals surface area contributed by atoms with Gasteiger partial charge in [-0.3, -0.25) is 0 Å². The highest BCUT2D eigenvalue weighted by molar-refractivity contribution is 5.11. The first-order valence-electron chi connectivity index (χ1n) is 5.59. The van der Waals surface area contributed by atoms with E-state index in [0.29, 0.717) is 5.92 Å². The standard InChI is InChI=1S/C12H22N3/c1-10(2)8-12-11(3)15(9-13-12)7-6-14(4)5/h10H,6-8H2,1-5H3. The van der Waals surface area contributed by atoms with Crippen LogP contribution in [0.3, 0.4) is 0 Å². The Morgan fingerprint density at radius 3 is 2.60 bits per heavy atom. The third-order valence-corrected chi connectivity index (χ3v) is 2.50. The number of hydrogen-bond acceptors (Lipinski definition) is 2. The second-order valence-corrected chi connectivity index (χ2v) is 4.80. The number of nitrogens with zero attached hydrogens (tertiary/aromatic N) is 3. The molecule has 3 heteroatoms. The van der Waals surface area contributed by atoms with E-state index in [1.165, 1.54) is 11.4 Å². The van der Waals surface area contributed by atoms with E-state index in [-0.39, 0.29) is 0 Å². The molecule has 0 aliphatic heterocycles. The first-order valence-corrected chi connectivity index (χ1v) is 5.59. The van der Waals surface area contributed by atoms with Gasteiger partial charge in [-0.15, -0.1) is 0 Å². The number of hydrogen-bond donors (Lipinski definition) is 0. The summed E-state index contributed by atoms with van der Waals surface area (Å²) < 4.78 is 2.12. The molecule has 0 saturated heterocycles. The summed E-state index contributed by atoms with van der Waals surface area (Å²) in [5.41, 5.74) is 2.47. The summed E-state index contributed by atoms with van der Waals surface area (Å²) in [6.45, 7) is 8.59. The van der Waals surface area contributed by atoms with Crippen LogP contribution in [0.5, 0.6) is 0 Å². The molecule has 0 fully saturated rings. The first kappa shape index (κ1) is 12.2. The van der Waals surface area contributed by atoms with Crippen molar-refractivity contribution in [2.45, 2.75) is 33.7 Å². The van der Waals surface area contributed by atoms with Crippen molar-refractivity contribution in [3.63, 3.8) is 0 Å². The Balaban J connectivity index is 2.63. The van der Waals surface area contributed by atoms with Crippen molar-refractivity contribution in [3.8, 4) is 0 Å². The van der Waals surface area contributed by atoms with Gasteiger partial charge in [-0.2, -0.15) is 0 Å². The third kappa shape index (κ3) is 3.67. The predicted octanol–water partition coefficient (Wildman–Crippen LogP) is 1.75. The Kier molecular flexibility index (Phi) is 4.33. The van der Waals surface area contributed by atoms with E-state index in [1.54, 1.807) is 0 Å². The quantitative estimate of drug-likeness (QED) is 0.735. The molecule has 1 aromatic heterocycles. The minimum atomic E-state index is 0.661. The van der Waals surface area contributed by atoms with Gasteiger partial charge in [-0.25, -0.2) is 4.98 Å². The van der Waals surface area contributed by atoms with Gasteiger partial charge in [0.2, 0.25) is 0 Å². The van der Waals surface area contributed by atoms with Gasteiger partial charge in [-0.1, -0.05) is 13.8 Å². The molecule has 1 aromatic rings. The average Bonchev–Trinajstić information content (AvgIpc) is 2.44. The SMILES string of the molecule is Cc1c(CC(C)C)n[c]n1CCN(C)C. The Labute approximate surface area is 93.1 Å². The van der Waals surface area contributed by atoms with Crippen LogP contribution in [0.15, 0.2) is 0 Å². The second-order valence-electron chi connectivity index (χ2n) is 4.80. The molecule has 15 heavy (non-hydrogen) atoms. The molecule has 1 radical (unpaired) electrons. The minimum Gasteiger partial charge on any atom is -0.324 e. The highest BCUT2D eigenvalue weighted by Gasteiger charge is 2.08. The highest BCUT2D eigenvalue weighted by atomic mass is 15.1. The van der Waals surface area contributed by atoms with Gasteiger partial charge < -0.3 is 9.47 Å². The normalized spacial score (nSPS) is 11.7. The molecule has 1 rings (SSSR count). The van der Waals surface area contributed by atoms with E-state index < -0.39 is 0 Å². The van der Waals surface area contributed by atoms with Crippen LogP contribution in [0.25, 0.3) is 0 Å². The van der Waals surface area contributed by atoms with Crippen molar-refractivity contribution in [1.82, 2.24) is 14.5 Å². The van der Waals surface area contributed by atoms with E-state index in [2.05, 4.69) is 55.6 Å². The molecular weight excluding hydrogens is 186 g/mol. The summed E-state index contributed by atoms with van der Waals surface area (Å²) in [5.74, 6) is 0.661. The lowest BCUT2D eigenvalue weighted by Crippen LogP contribution is -2.18. The molecular formula is C12H22N3. The van der Waals surface area contributed by atoms with Crippen molar-refractivity contribution in [2.75, 3.05) is 20.6 Å². The molecule has 3 nitrogen and oxygen atoms in total. The van der Waals surface area contributed by atoms with Gasteiger partial charge in [0.05, 0.1) is 5.69 Å². The minimum absolute atomic E-state index is 0.661. The predicted molar refractivity (Wildman–Crippen MR) is 62.9 cm³/mol. The van der Waals surface area contributed by atoms with Crippen molar-refractivity contribution < 1.29 is 0 Å². The van der Waals surface area contributed by atoms with E-state index in [4.69, 9.17) is 0 Å². The molecule has 0 aliphatic carbocycles. The second kappa shape index (κ2) is 5.31. The zero-order chi connectivity index (χ0) is 11.4. The van der Waals surface area contributed by atoms with Gasteiger partial charge in [-0.05, 0) is 33.4 Å². The zero-order valence-electron chi connectivity index (χ0n) is 10.5. The summed E-state index contributed by atoms with van der Waals surface area (Å²) in [4.78, 5) is 6.53. The molecule has 0 N–H and O–H groups in total. The van der Waals surface area contributed by atoms with E-state index in [0.717, 1.165) is 19.5 Å². The smallest absolute Gasteiger partial charge is 0.176 e. The van der Waals surface area contributed by atoms with Crippen LogP contribution >= 0.6 is 0 Å². The lowest BCUT2D eigenvalue weighted by molar-refractivity contribution is 0.381. The molecule has 0 aromatic carbocycles. The van der Waals surface area contributed by atoms with Crippen molar-refractivity contribution >= 4 is 0 Å². The van der Waals surface area contributed by atoms with Crippen LogP contribution in [0.2, 0.25) is 0 Å². The van der Waals surface area contributed by atoms with Gasteiger partial charge in [0.15, 0.2) is 6.33 Å². The Morgan fingerprint density at radius 2 is 2.07 bits per heavy atom. The molecule has 85 valence electrons. The van der Waals surface area contributed by atoms with Crippen LogP contribution in [-0.4, -0.2) is 35.1 Å². The molecule has 0 saturated carbocycles. The van der Waals surface area contributed by atoms with Gasteiger partial charge in [0, 0.05) is 18.8 Å². The fourth-order valence-electron chi connectivity index (χ4n) is 1.53. The summed E-state index contributed by atoms with van der Waals surface area (Å²) in [6.07, 6.45) is 4.13. The topological polar surface area (TPSA) is 21.1 Å². The largest absolute Gasteiger partial charge is 0.324 e. The first-order chi connectivity index (χ1) is 7.00. The molecule has 0 unspecified atom stereocenters.